The molecular weight excluding hydrogens is 438 g/mol. The normalized spacial score (nSPS) is 12.3. The van der Waals surface area contributed by atoms with E-state index in [-0.39, 0.29) is 11.8 Å². The summed E-state index contributed by atoms with van der Waals surface area (Å²) in [7, 11) is 0. The van der Waals surface area contributed by atoms with Gasteiger partial charge in [0.05, 0.1) is 6.61 Å². The van der Waals surface area contributed by atoms with Crippen LogP contribution in [0.5, 0.6) is 5.75 Å². The van der Waals surface area contributed by atoms with Gasteiger partial charge >= 0.3 is 5.97 Å². The van der Waals surface area contributed by atoms with Gasteiger partial charge in [-0.15, -0.1) is 0 Å². The van der Waals surface area contributed by atoms with Crippen molar-refractivity contribution in [2.75, 3.05) is 13.2 Å². The first-order chi connectivity index (χ1) is 16.1. The number of furan rings is 1. The first-order valence-corrected chi connectivity index (χ1v) is 11.6. The van der Waals surface area contributed by atoms with Gasteiger partial charge in [0.2, 0.25) is 0 Å². The van der Waals surface area contributed by atoms with Crippen LogP contribution in [0.2, 0.25) is 0 Å². The van der Waals surface area contributed by atoms with Crippen LogP contribution in [0, 0.1) is 0 Å². The smallest absolute Gasteiger partial charge is 0.331 e. The largest absolute Gasteiger partial charge is 0.487 e. The van der Waals surface area contributed by atoms with Gasteiger partial charge in [-0.1, -0.05) is 52.0 Å². The quantitative estimate of drug-likeness (QED) is 0.235. The monoisotopic (exact) mass is 470 g/mol. The van der Waals surface area contributed by atoms with Crippen molar-refractivity contribution < 1.29 is 27.5 Å². The molecule has 1 aromatic heterocycles. The van der Waals surface area contributed by atoms with E-state index in [1.807, 2.05) is 50.2 Å². The molecule has 6 heteroatoms. The summed E-state index contributed by atoms with van der Waals surface area (Å²) in [5.41, 5.74) is 4.67. The van der Waals surface area contributed by atoms with Crippen LogP contribution in [0.3, 0.4) is 0 Å². The molecule has 34 heavy (non-hydrogen) atoms. The highest BCUT2D eigenvalue weighted by atomic mass is 19.3. The van der Waals surface area contributed by atoms with Crippen LogP contribution in [0.1, 0.15) is 70.3 Å². The van der Waals surface area contributed by atoms with Gasteiger partial charge in [0.15, 0.2) is 0 Å². The molecule has 0 saturated carbocycles. The molecule has 182 valence electrons. The second-order valence-corrected chi connectivity index (χ2v) is 8.91. The molecule has 3 rings (SSSR count). The number of benzene rings is 2. The third-order valence-electron chi connectivity index (χ3n) is 5.63. The zero-order chi connectivity index (χ0) is 25.0. The van der Waals surface area contributed by atoms with Crippen LogP contribution in [0.25, 0.3) is 27.7 Å². The Bertz CT molecular complexity index is 1190. The Balaban J connectivity index is 2.23. The number of ether oxygens (including phenoxy) is 2. The lowest BCUT2D eigenvalue weighted by molar-refractivity contribution is -0.137. The summed E-state index contributed by atoms with van der Waals surface area (Å²) < 4.78 is 43.1. The molecular formula is C28H32F2O4. The first kappa shape index (κ1) is 25.5. The summed E-state index contributed by atoms with van der Waals surface area (Å²) in [5, 5.41) is 0.838. The van der Waals surface area contributed by atoms with Crippen molar-refractivity contribution in [2.45, 2.75) is 59.8 Å². The number of para-hydroxylation sites is 1. The Morgan fingerprint density at radius 3 is 2.41 bits per heavy atom. The van der Waals surface area contributed by atoms with E-state index in [2.05, 4.69) is 13.8 Å². The fraction of sp³-hybridized carbons (Fsp3) is 0.393. The van der Waals surface area contributed by atoms with Gasteiger partial charge in [0, 0.05) is 22.6 Å². The Labute approximate surface area is 199 Å². The van der Waals surface area contributed by atoms with Crippen LogP contribution in [0.4, 0.5) is 8.78 Å². The summed E-state index contributed by atoms with van der Waals surface area (Å²) >= 11 is 0. The van der Waals surface area contributed by atoms with E-state index >= 15 is 0 Å². The maximum Gasteiger partial charge on any atom is 0.331 e. The molecule has 0 bridgehead atoms. The van der Waals surface area contributed by atoms with Crippen molar-refractivity contribution in [3.8, 4) is 16.9 Å². The molecule has 3 aromatic rings. The first-order valence-electron chi connectivity index (χ1n) is 11.6. The van der Waals surface area contributed by atoms with E-state index in [0.717, 1.165) is 22.1 Å². The Kier molecular flexibility index (Phi) is 8.13. The van der Waals surface area contributed by atoms with Crippen LogP contribution in [-0.2, 0) is 9.53 Å². The third kappa shape index (κ3) is 5.66. The van der Waals surface area contributed by atoms with Gasteiger partial charge in [-0.05, 0) is 54.5 Å². The fourth-order valence-electron chi connectivity index (χ4n) is 3.85. The lowest BCUT2D eigenvalue weighted by Crippen LogP contribution is -2.10. The minimum atomic E-state index is -2.58. The van der Waals surface area contributed by atoms with Gasteiger partial charge in [-0.2, -0.15) is 0 Å². The van der Waals surface area contributed by atoms with Gasteiger partial charge in [0.1, 0.15) is 23.7 Å². The van der Waals surface area contributed by atoms with Crippen molar-refractivity contribution in [3.63, 3.8) is 0 Å². The summed E-state index contributed by atoms with van der Waals surface area (Å²) in [6, 6.07) is 11.6. The lowest BCUT2D eigenvalue weighted by atomic mass is 9.89. The highest BCUT2D eigenvalue weighted by Gasteiger charge is 2.22. The number of rotatable bonds is 9. The van der Waals surface area contributed by atoms with E-state index in [0.29, 0.717) is 34.8 Å². The summed E-state index contributed by atoms with van der Waals surface area (Å²) in [6.45, 7) is 11.4. The third-order valence-corrected chi connectivity index (χ3v) is 5.63. The Morgan fingerprint density at radius 2 is 1.79 bits per heavy atom. The summed E-state index contributed by atoms with van der Waals surface area (Å²) in [4.78, 5) is 11.9. The lowest BCUT2D eigenvalue weighted by Gasteiger charge is -2.21. The number of hydrogen-bond donors (Lipinski definition) is 0. The zero-order valence-corrected chi connectivity index (χ0v) is 20.6. The number of carbonyl (C=O) groups is 1. The Morgan fingerprint density at radius 1 is 1.06 bits per heavy atom. The van der Waals surface area contributed by atoms with Crippen LogP contribution in [0.15, 0.2) is 46.9 Å². The fourth-order valence-corrected chi connectivity index (χ4v) is 3.85. The van der Waals surface area contributed by atoms with Crippen LogP contribution >= 0.6 is 0 Å². The number of alkyl halides is 2. The van der Waals surface area contributed by atoms with Crippen molar-refractivity contribution in [3.05, 3.63) is 59.4 Å². The maximum atomic E-state index is 13.1. The highest BCUT2D eigenvalue weighted by Crippen LogP contribution is 2.43. The number of carbonyl (C=O) groups excluding carboxylic acids is 1. The minimum Gasteiger partial charge on any atom is -0.487 e. The molecule has 0 radical (unpaired) electrons. The number of allylic oxidation sites excluding steroid dienone is 1. The predicted molar refractivity (Wildman–Crippen MR) is 132 cm³/mol. The summed E-state index contributed by atoms with van der Waals surface area (Å²) in [5.74, 6) is 0.862. The molecule has 0 aliphatic heterocycles. The highest BCUT2D eigenvalue weighted by molar-refractivity contribution is 5.97. The second kappa shape index (κ2) is 10.9. The number of esters is 1. The standard InChI is InChI=1S/C28H32F2O4/c1-7-32-26(31)11-18(6)24-14-19-9-8-10-21(27(19)34-24)23-13-20(16(2)3)12-22(17(4)5)28(23)33-15-25(29)30/h8-14,16-17,25H,7,15H2,1-6H3. The van der Waals surface area contributed by atoms with Gasteiger partial charge in [-0.3, -0.25) is 0 Å². The van der Waals surface area contributed by atoms with Gasteiger partial charge in [0.25, 0.3) is 6.43 Å². The molecule has 0 spiro atoms. The van der Waals surface area contributed by atoms with E-state index in [9.17, 15) is 13.6 Å². The molecule has 0 fully saturated rings. The molecule has 4 nitrogen and oxygen atoms in total. The van der Waals surface area contributed by atoms with E-state index in [1.165, 1.54) is 6.08 Å². The molecule has 0 N–H and O–H groups in total. The molecule has 2 aromatic carbocycles. The molecule has 0 saturated heterocycles. The molecule has 1 heterocycles. The average molecular weight is 471 g/mol. The number of hydrogen-bond acceptors (Lipinski definition) is 4. The zero-order valence-electron chi connectivity index (χ0n) is 20.6. The van der Waals surface area contributed by atoms with Crippen molar-refractivity contribution in [1.82, 2.24) is 0 Å². The van der Waals surface area contributed by atoms with E-state index in [1.54, 1.807) is 13.8 Å². The van der Waals surface area contributed by atoms with Crippen molar-refractivity contribution >= 4 is 22.5 Å². The number of halogens is 2. The minimum absolute atomic E-state index is 0.0752. The summed E-state index contributed by atoms with van der Waals surface area (Å²) in [6.07, 6.45) is -1.19. The van der Waals surface area contributed by atoms with Gasteiger partial charge < -0.3 is 13.9 Å². The maximum absolute atomic E-state index is 13.1. The van der Waals surface area contributed by atoms with Crippen molar-refractivity contribution in [1.29, 1.82) is 0 Å². The second-order valence-electron chi connectivity index (χ2n) is 8.91. The average Bonchev–Trinajstić information content (AvgIpc) is 3.21. The number of fused-ring (bicyclic) bond motifs is 1. The molecule has 0 atom stereocenters. The van der Waals surface area contributed by atoms with Crippen molar-refractivity contribution in [2.24, 2.45) is 0 Å². The Hall–Kier alpha value is -3.15. The SMILES string of the molecule is CCOC(=O)C=C(C)c1cc2cccc(-c3cc(C(C)C)cc(C(C)C)c3OCC(F)F)c2o1. The predicted octanol–water partition coefficient (Wildman–Crippen LogP) is 7.96. The van der Waals surface area contributed by atoms with E-state index < -0.39 is 19.0 Å². The van der Waals surface area contributed by atoms with E-state index in [4.69, 9.17) is 13.9 Å². The van der Waals surface area contributed by atoms with Crippen LogP contribution in [-0.4, -0.2) is 25.6 Å². The molecule has 0 amide bonds. The molecule has 0 aliphatic carbocycles. The molecule has 0 aliphatic rings. The molecule has 0 unspecified atom stereocenters. The topological polar surface area (TPSA) is 48.7 Å². The van der Waals surface area contributed by atoms with Crippen LogP contribution < -0.4 is 4.74 Å². The van der Waals surface area contributed by atoms with Gasteiger partial charge in [-0.25, -0.2) is 13.6 Å².